The third-order valence-corrected chi connectivity index (χ3v) is 6.46. The van der Waals surface area contributed by atoms with Gasteiger partial charge in [0.25, 0.3) is 5.69 Å². The van der Waals surface area contributed by atoms with Crippen molar-refractivity contribution >= 4 is 15.7 Å². The van der Waals surface area contributed by atoms with E-state index >= 15 is 0 Å². The lowest BCUT2D eigenvalue weighted by atomic mass is 9.96. The van der Waals surface area contributed by atoms with Crippen molar-refractivity contribution in [2.45, 2.75) is 56.9 Å². The van der Waals surface area contributed by atoms with Crippen molar-refractivity contribution < 1.29 is 13.3 Å². The summed E-state index contributed by atoms with van der Waals surface area (Å²) < 4.78 is 26.9. The zero-order chi connectivity index (χ0) is 16.5. The van der Waals surface area contributed by atoms with Crippen molar-refractivity contribution in [1.82, 2.24) is 4.31 Å². The van der Waals surface area contributed by atoms with Gasteiger partial charge in [-0.15, -0.1) is 0 Å². The zero-order valence-electron chi connectivity index (χ0n) is 13.2. The third-order valence-electron chi connectivity index (χ3n) is 4.58. The van der Waals surface area contributed by atoms with E-state index < -0.39 is 14.9 Å². The normalized spacial score (nSPS) is 16.9. The minimum Gasteiger partial charge on any atom is -0.258 e. The molecule has 122 valence electrons. The number of benzene rings is 1. The average Bonchev–Trinajstić information content (AvgIpc) is 2.49. The highest BCUT2D eigenvalue weighted by atomic mass is 32.2. The number of nitrogens with zero attached hydrogens (tertiary/aromatic N) is 2. The highest BCUT2D eigenvalue weighted by molar-refractivity contribution is 7.89. The highest BCUT2D eigenvalue weighted by Gasteiger charge is 2.31. The second-order valence-electron chi connectivity index (χ2n) is 5.95. The largest absolute Gasteiger partial charge is 0.273 e. The Bertz CT molecular complexity index is 679. The lowest BCUT2D eigenvalue weighted by Crippen LogP contribution is -2.38. The van der Waals surface area contributed by atoms with E-state index in [1.54, 1.807) is 20.9 Å². The van der Waals surface area contributed by atoms with Crippen molar-refractivity contribution in [3.63, 3.8) is 0 Å². The van der Waals surface area contributed by atoms with Crippen molar-refractivity contribution in [1.29, 1.82) is 0 Å². The smallest absolute Gasteiger partial charge is 0.258 e. The van der Waals surface area contributed by atoms with E-state index in [0.29, 0.717) is 11.1 Å². The van der Waals surface area contributed by atoms with E-state index in [1.807, 2.05) is 0 Å². The van der Waals surface area contributed by atoms with Crippen LogP contribution >= 0.6 is 0 Å². The second kappa shape index (κ2) is 6.34. The van der Waals surface area contributed by atoms with Crippen LogP contribution in [0.4, 0.5) is 5.69 Å². The number of aryl methyl sites for hydroxylation is 1. The molecule has 22 heavy (non-hydrogen) atoms. The summed E-state index contributed by atoms with van der Waals surface area (Å²) in [4.78, 5) is 10.6. The molecule has 0 aliphatic heterocycles. The summed E-state index contributed by atoms with van der Waals surface area (Å²) in [6.07, 6.45) is 4.89. The predicted molar refractivity (Wildman–Crippen MR) is 84.4 cm³/mol. The van der Waals surface area contributed by atoms with Gasteiger partial charge >= 0.3 is 0 Å². The van der Waals surface area contributed by atoms with E-state index in [-0.39, 0.29) is 16.6 Å². The molecular weight excluding hydrogens is 304 g/mol. The number of nitro benzene ring substituents is 1. The van der Waals surface area contributed by atoms with E-state index in [1.165, 1.54) is 16.4 Å². The van der Waals surface area contributed by atoms with Gasteiger partial charge in [-0.2, -0.15) is 4.31 Å². The van der Waals surface area contributed by atoms with Gasteiger partial charge in [-0.3, -0.25) is 10.1 Å². The molecule has 1 saturated carbocycles. The fraction of sp³-hybridized carbons (Fsp3) is 0.600. The van der Waals surface area contributed by atoms with Gasteiger partial charge in [0.05, 0.1) is 9.82 Å². The monoisotopic (exact) mass is 326 g/mol. The maximum absolute atomic E-state index is 12.8. The summed E-state index contributed by atoms with van der Waals surface area (Å²) in [6.45, 7) is 3.33. The molecule has 1 aromatic carbocycles. The summed E-state index contributed by atoms with van der Waals surface area (Å²) in [5, 5.41) is 11.1. The minimum absolute atomic E-state index is 0.00961. The first-order chi connectivity index (χ1) is 10.2. The number of sulfonamides is 1. The van der Waals surface area contributed by atoms with Crippen LogP contribution in [0.15, 0.2) is 17.0 Å². The summed E-state index contributed by atoms with van der Waals surface area (Å²) in [5.74, 6) is 0. The predicted octanol–water partition coefficient (Wildman–Crippen LogP) is 3.16. The van der Waals surface area contributed by atoms with Crippen molar-refractivity contribution in [2.24, 2.45) is 0 Å². The molecular formula is C15H22N2O4S. The highest BCUT2D eigenvalue weighted by Crippen LogP contribution is 2.30. The lowest BCUT2D eigenvalue weighted by Gasteiger charge is -2.30. The average molecular weight is 326 g/mol. The summed E-state index contributed by atoms with van der Waals surface area (Å²) in [5.41, 5.74) is 0.977. The Hall–Kier alpha value is -1.47. The summed E-state index contributed by atoms with van der Waals surface area (Å²) in [6, 6.07) is 2.69. The minimum atomic E-state index is -3.71. The molecule has 0 saturated heterocycles. The van der Waals surface area contributed by atoms with Crippen LogP contribution in [0.5, 0.6) is 0 Å². The Balaban J connectivity index is 2.42. The molecule has 1 aliphatic carbocycles. The maximum atomic E-state index is 12.8. The number of rotatable bonds is 4. The van der Waals surface area contributed by atoms with Crippen LogP contribution in [-0.4, -0.2) is 30.7 Å². The topological polar surface area (TPSA) is 80.5 Å². The molecule has 0 bridgehead atoms. The van der Waals surface area contributed by atoms with Crippen LogP contribution in [0.25, 0.3) is 0 Å². The molecule has 0 N–H and O–H groups in total. The third kappa shape index (κ3) is 3.15. The number of nitro groups is 1. The van der Waals surface area contributed by atoms with Gasteiger partial charge in [0.15, 0.2) is 0 Å². The van der Waals surface area contributed by atoms with Gasteiger partial charge in [0.1, 0.15) is 0 Å². The Morgan fingerprint density at radius 2 is 1.77 bits per heavy atom. The van der Waals surface area contributed by atoms with E-state index in [4.69, 9.17) is 0 Å². The molecule has 6 nitrogen and oxygen atoms in total. The van der Waals surface area contributed by atoms with Gasteiger partial charge < -0.3 is 0 Å². The molecule has 7 heteroatoms. The van der Waals surface area contributed by atoms with E-state index in [2.05, 4.69) is 0 Å². The lowest BCUT2D eigenvalue weighted by molar-refractivity contribution is -0.385. The SMILES string of the molecule is Cc1cc(S(=O)(=O)N(C)C2CCCCC2)cc([N+](=O)[O-])c1C. The van der Waals surface area contributed by atoms with Gasteiger partial charge in [0, 0.05) is 24.7 Å². The zero-order valence-corrected chi connectivity index (χ0v) is 14.0. The van der Waals surface area contributed by atoms with Gasteiger partial charge in [0.2, 0.25) is 10.0 Å². The molecule has 0 atom stereocenters. The van der Waals surface area contributed by atoms with Gasteiger partial charge in [-0.1, -0.05) is 19.3 Å². The van der Waals surface area contributed by atoms with Crippen LogP contribution < -0.4 is 0 Å². The Labute approximate surface area is 131 Å². The fourth-order valence-electron chi connectivity index (χ4n) is 2.95. The first kappa shape index (κ1) is 16.9. The first-order valence-corrected chi connectivity index (χ1v) is 8.93. The molecule has 0 amide bonds. The van der Waals surface area contributed by atoms with Crippen molar-refractivity contribution in [2.75, 3.05) is 7.05 Å². The molecule has 1 fully saturated rings. The molecule has 0 heterocycles. The van der Waals surface area contributed by atoms with Crippen molar-refractivity contribution in [3.8, 4) is 0 Å². The molecule has 0 radical (unpaired) electrons. The van der Waals surface area contributed by atoms with Crippen LogP contribution in [0.2, 0.25) is 0 Å². The second-order valence-corrected chi connectivity index (χ2v) is 7.95. The quantitative estimate of drug-likeness (QED) is 0.628. The molecule has 0 aromatic heterocycles. The van der Waals surface area contributed by atoms with E-state index in [0.717, 1.165) is 32.1 Å². The van der Waals surface area contributed by atoms with Gasteiger partial charge in [-0.25, -0.2) is 8.42 Å². The molecule has 1 aliphatic rings. The Morgan fingerprint density at radius 3 is 2.32 bits per heavy atom. The molecule has 0 unspecified atom stereocenters. The van der Waals surface area contributed by atoms with E-state index in [9.17, 15) is 18.5 Å². The fourth-order valence-corrected chi connectivity index (χ4v) is 4.48. The number of hydrogen-bond donors (Lipinski definition) is 0. The van der Waals surface area contributed by atoms with Crippen LogP contribution in [0.3, 0.4) is 0 Å². The maximum Gasteiger partial charge on any atom is 0.273 e. The molecule has 2 rings (SSSR count). The van der Waals surface area contributed by atoms with Gasteiger partial charge in [-0.05, 0) is 38.3 Å². The van der Waals surface area contributed by atoms with Crippen LogP contribution in [0, 0.1) is 24.0 Å². The van der Waals surface area contributed by atoms with Crippen molar-refractivity contribution in [3.05, 3.63) is 33.4 Å². The van der Waals surface area contributed by atoms with Crippen LogP contribution in [0.1, 0.15) is 43.2 Å². The first-order valence-electron chi connectivity index (χ1n) is 7.49. The summed E-state index contributed by atoms with van der Waals surface area (Å²) in [7, 11) is -2.13. The number of hydrogen-bond acceptors (Lipinski definition) is 4. The standard InChI is InChI=1S/C15H22N2O4S/c1-11-9-14(10-15(12(11)2)17(18)19)22(20,21)16(3)13-7-5-4-6-8-13/h9-10,13H,4-8H2,1-3H3. The Morgan fingerprint density at radius 1 is 1.18 bits per heavy atom. The Kier molecular flexibility index (Phi) is 4.87. The molecule has 1 aromatic rings. The molecule has 0 spiro atoms. The summed E-state index contributed by atoms with van der Waals surface area (Å²) >= 11 is 0. The van der Waals surface area contributed by atoms with Crippen LogP contribution in [-0.2, 0) is 10.0 Å².